The lowest BCUT2D eigenvalue weighted by molar-refractivity contribution is -0.133. The Morgan fingerprint density at radius 3 is 2.25 bits per heavy atom. The van der Waals surface area contributed by atoms with Crippen LogP contribution >= 0.6 is 0 Å². The summed E-state index contributed by atoms with van der Waals surface area (Å²) in [6, 6.07) is 0. The number of rotatable bonds is 3. The number of nitrogens with zero attached hydrogens (tertiary/aromatic N) is 4. The second kappa shape index (κ2) is 6.02. The minimum atomic E-state index is -0.262. The van der Waals surface area contributed by atoms with Gasteiger partial charge in [0.15, 0.2) is 0 Å². The first kappa shape index (κ1) is 14.5. The van der Waals surface area contributed by atoms with Crippen LogP contribution in [-0.2, 0) is 4.79 Å². The molecule has 1 saturated heterocycles. The number of carbonyl (C=O) groups is 2. The van der Waals surface area contributed by atoms with E-state index in [9.17, 15) is 9.59 Å². The molecule has 7 heteroatoms. The lowest BCUT2D eigenvalue weighted by atomic mass is 10.1. The summed E-state index contributed by atoms with van der Waals surface area (Å²) in [5.74, 6) is 0.634. The van der Waals surface area contributed by atoms with Crippen molar-refractivity contribution in [1.29, 1.82) is 0 Å². The average Bonchev–Trinajstić information content (AvgIpc) is 2.84. The van der Waals surface area contributed by atoms with Crippen LogP contribution in [-0.4, -0.2) is 58.0 Å². The standard InChI is InChI=1S/C13H20N4O3/c1-9(2)8-11(18)16-4-6-17(7-5-16)13(19)12-15-14-10(3)20-12/h9H,4-8H2,1-3H3. The molecule has 1 aromatic heterocycles. The van der Waals surface area contributed by atoms with Crippen LogP contribution in [0.3, 0.4) is 0 Å². The molecule has 2 heterocycles. The quantitative estimate of drug-likeness (QED) is 0.814. The summed E-state index contributed by atoms with van der Waals surface area (Å²) in [5, 5.41) is 7.38. The fourth-order valence-electron chi connectivity index (χ4n) is 2.16. The molecule has 0 aromatic carbocycles. The van der Waals surface area contributed by atoms with Crippen molar-refractivity contribution in [2.45, 2.75) is 27.2 Å². The summed E-state index contributed by atoms with van der Waals surface area (Å²) in [5.41, 5.74) is 0. The summed E-state index contributed by atoms with van der Waals surface area (Å²) in [4.78, 5) is 27.5. The maximum absolute atomic E-state index is 12.1. The third kappa shape index (κ3) is 3.34. The maximum Gasteiger partial charge on any atom is 0.311 e. The van der Waals surface area contributed by atoms with Crippen molar-refractivity contribution in [3.63, 3.8) is 0 Å². The molecule has 0 atom stereocenters. The summed E-state index contributed by atoms with van der Waals surface area (Å²) >= 11 is 0. The molecule has 1 aliphatic rings. The second-order valence-corrected chi connectivity index (χ2v) is 5.40. The predicted molar refractivity (Wildman–Crippen MR) is 71.0 cm³/mol. The van der Waals surface area contributed by atoms with Gasteiger partial charge in [0.05, 0.1) is 0 Å². The van der Waals surface area contributed by atoms with Crippen LogP contribution in [0.15, 0.2) is 4.42 Å². The maximum atomic E-state index is 12.1. The lowest BCUT2D eigenvalue weighted by Crippen LogP contribution is -2.50. The number of hydrogen-bond acceptors (Lipinski definition) is 5. The van der Waals surface area contributed by atoms with E-state index in [1.54, 1.807) is 11.8 Å². The number of carbonyl (C=O) groups excluding carboxylic acids is 2. The van der Waals surface area contributed by atoms with Gasteiger partial charge in [-0.15, -0.1) is 10.2 Å². The zero-order valence-electron chi connectivity index (χ0n) is 12.1. The van der Waals surface area contributed by atoms with Crippen molar-refractivity contribution in [3.8, 4) is 0 Å². The summed E-state index contributed by atoms with van der Waals surface area (Å²) in [7, 11) is 0. The van der Waals surface area contributed by atoms with Gasteiger partial charge in [-0.3, -0.25) is 9.59 Å². The van der Waals surface area contributed by atoms with Gasteiger partial charge in [0.1, 0.15) is 0 Å². The van der Waals surface area contributed by atoms with E-state index in [1.807, 2.05) is 18.7 Å². The minimum absolute atomic E-state index is 0.0180. The normalized spacial score (nSPS) is 15.8. The predicted octanol–water partition coefficient (Wildman–Crippen LogP) is 0.709. The zero-order chi connectivity index (χ0) is 14.7. The minimum Gasteiger partial charge on any atom is -0.417 e. The molecule has 1 fully saturated rings. The largest absolute Gasteiger partial charge is 0.417 e. The van der Waals surface area contributed by atoms with Crippen molar-refractivity contribution in [3.05, 3.63) is 11.8 Å². The molecule has 2 rings (SSSR count). The SMILES string of the molecule is Cc1nnc(C(=O)N2CCN(C(=O)CC(C)C)CC2)o1. The Bertz CT molecular complexity index is 490. The van der Waals surface area contributed by atoms with Gasteiger partial charge in [0, 0.05) is 39.5 Å². The molecule has 7 nitrogen and oxygen atoms in total. The van der Waals surface area contributed by atoms with Crippen molar-refractivity contribution in [2.24, 2.45) is 5.92 Å². The van der Waals surface area contributed by atoms with Gasteiger partial charge in [0.2, 0.25) is 11.8 Å². The molecule has 0 unspecified atom stereocenters. The molecule has 0 radical (unpaired) electrons. The van der Waals surface area contributed by atoms with E-state index < -0.39 is 0 Å². The number of aromatic nitrogens is 2. The van der Waals surface area contributed by atoms with E-state index in [2.05, 4.69) is 10.2 Å². The zero-order valence-corrected chi connectivity index (χ0v) is 12.1. The molecular weight excluding hydrogens is 260 g/mol. The van der Waals surface area contributed by atoms with Crippen LogP contribution in [0.4, 0.5) is 0 Å². The van der Waals surface area contributed by atoms with E-state index in [0.29, 0.717) is 44.4 Å². The third-order valence-corrected chi connectivity index (χ3v) is 3.21. The fraction of sp³-hybridized carbons (Fsp3) is 0.692. The Kier molecular flexibility index (Phi) is 4.36. The lowest BCUT2D eigenvalue weighted by Gasteiger charge is -2.34. The smallest absolute Gasteiger partial charge is 0.311 e. The van der Waals surface area contributed by atoms with E-state index in [0.717, 1.165) is 0 Å². The van der Waals surface area contributed by atoms with Gasteiger partial charge in [0.25, 0.3) is 0 Å². The van der Waals surface area contributed by atoms with Crippen LogP contribution in [0.1, 0.15) is 36.8 Å². The Morgan fingerprint density at radius 2 is 1.75 bits per heavy atom. The first-order valence-corrected chi connectivity index (χ1v) is 6.84. The summed E-state index contributed by atoms with van der Waals surface area (Å²) < 4.78 is 5.13. The molecule has 1 aromatic rings. The molecule has 20 heavy (non-hydrogen) atoms. The van der Waals surface area contributed by atoms with Crippen LogP contribution in [0.5, 0.6) is 0 Å². The topological polar surface area (TPSA) is 79.5 Å². The molecule has 0 aliphatic carbocycles. The highest BCUT2D eigenvalue weighted by atomic mass is 16.4. The number of aryl methyl sites for hydroxylation is 1. The number of hydrogen-bond donors (Lipinski definition) is 0. The highest BCUT2D eigenvalue weighted by molar-refractivity contribution is 5.89. The van der Waals surface area contributed by atoms with Gasteiger partial charge >= 0.3 is 11.8 Å². The molecule has 2 amide bonds. The Morgan fingerprint density at radius 1 is 1.15 bits per heavy atom. The summed E-state index contributed by atoms with van der Waals surface area (Å²) in [6.07, 6.45) is 0.552. The molecule has 0 spiro atoms. The average molecular weight is 280 g/mol. The van der Waals surface area contributed by atoms with Crippen molar-refractivity contribution >= 4 is 11.8 Å². The Hall–Kier alpha value is -1.92. The van der Waals surface area contributed by atoms with Gasteiger partial charge in [-0.25, -0.2) is 0 Å². The third-order valence-electron chi connectivity index (χ3n) is 3.21. The second-order valence-electron chi connectivity index (χ2n) is 5.40. The molecule has 0 N–H and O–H groups in total. The first-order chi connectivity index (χ1) is 9.47. The van der Waals surface area contributed by atoms with Gasteiger partial charge in [-0.1, -0.05) is 13.8 Å². The molecular formula is C13H20N4O3. The highest BCUT2D eigenvalue weighted by Crippen LogP contribution is 2.10. The first-order valence-electron chi connectivity index (χ1n) is 6.84. The van der Waals surface area contributed by atoms with Gasteiger partial charge in [-0.2, -0.15) is 0 Å². The van der Waals surface area contributed by atoms with Crippen LogP contribution in [0.2, 0.25) is 0 Å². The Labute approximate surface area is 117 Å². The van der Waals surface area contributed by atoms with E-state index >= 15 is 0 Å². The van der Waals surface area contributed by atoms with Crippen molar-refractivity contribution < 1.29 is 14.0 Å². The molecule has 0 bridgehead atoms. The van der Waals surface area contributed by atoms with E-state index in [4.69, 9.17) is 4.42 Å². The van der Waals surface area contributed by atoms with Gasteiger partial charge < -0.3 is 14.2 Å². The van der Waals surface area contributed by atoms with E-state index in [1.165, 1.54) is 0 Å². The summed E-state index contributed by atoms with van der Waals surface area (Å²) in [6.45, 7) is 7.82. The number of amides is 2. The Balaban J connectivity index is 1.88. The fourth-order valence-corrected chi connectivity index (χ4v) is 2.16. The molecule has 110 valence electrons. The van der Waals surface area contributed by atoms with Crippen molar-refractivity contribution in [1.82, 2.24) is 20.0 Å². The monoisotopic (exact) mass is 280 g/mol. The molecule has 0 saturated carbocycles. The van der Waals surface area contributed by atoms with Gasteiger partial charge in [-0.05, 0) is 5.92 Å². The molecule has 1 aliphatic heterocycles. The van der Waals surface area contributed by atoms with Crippen LogP contribution < -0.4 is 0 Å². The van der Waals surface area contributed by atoms with Crippen LogP contribution in [0.25, 0.3) is 0 Å². The van der Waals surface area contributed by atoms with E-state index in [-0.39, 0.29) is 17.7 Å². The van der Waals surface area contributed by atoms with Crippen LogP contribution in [0, 0.1) is 12.8 Å². The number of piperazine rings is 1. The van der Waals surface area contributed by atoms with Crippen molar-refractivity contribution in [2.75, 3.05) is 26.2 Å². The highest BCUT2D eigenvalue weighted by Gasteiger charge is 2.27.